The molecule has 0 aromatic heterocycles. The zero-order valence-electron chi connectivity index (χ0n) is 10.9. The highest BCUT2D eigenvalue weighted by atomic mass is 32.2. The minimum absolute atomic E-state index is 0.148. The summed E-state index contributed by atoms with van der Waals surface area (Å²) in [4.78, 5) is 10.0. The van der Waals surface area contributed by atoms with E-state index in [2.05, 4.69) is 5.43 Å². The molecule has 3 N–H and O–H groups in total. The van der Waals surface area contributed by atoms with Crippen molar-refractivity contribution >= 4 is 21.4 Å². The molecule has 9 heteroatoms. The third-order valence-corrected chi connectivity index (χ3v) is 5.24. The topological polar surface area (TPSA) is 119 Å². The van der Waals surface area contributed by atoms with E-state index in [9.17, 15) is 18.5 Å². The Hall–Kier alpha value is -1.71. The number of nitrogen functional groups attached to an aromatic ring is 1. The van der Waals surface area contributed by atoms with Crippen molar-refractivity contribution in [3.05, 3.63) is 28.3 Å². The van der Waals surface area contributed by atoms with Crippen LogP contribution in [0, 0.1) is 16.0 Å². The molecule has 1 unspecified atom stereocenters. The summed E-state index contributed by atoms with van der Waals surface area (Å²) in [7, 11) is -3.78. The van der Waals surface area contributed by atoms with Gasteiger partial charge in [0.2, 0.25) is 10.0 Å². The Morgan fingerprint density at radius 2 is 2.20 bits per heavy atom. The summed E-state index contributed by atoms with van der Waals surface area (Å²) in [5.41, 5.74) is 2.14. The Kier molecular flexibility index (Phi) is 3.93. The average Bonchev–Trinajstić information content (AvgIpc) is 2.85. The van der Waals surface area contributed by atoms with Crippen LogP contribution < -0.4 is 11.3 Å². The van der Waals surface area contributed by atoms with Gasteiger partial charge in [-0.2, -0.15) is 4.31 Å². The van der Waals surface area contributed by atoms with E-state index >= 15 is 0 Å². The average molecular weight is 300 g/mol. The second kappa shape index (κ2) is 5.35. The van der Waals surface area contributed by atoms with Gasteiger partial charge < -0.3 is 5.43 Å². The minimum atomic E-state index is -3.78. The second-order valence-corrected chi connectivity index (χ2v) is 6.75. The number of nitro benzene ring substituents is 1. The van der Waals surface area contributed by atoms with Crippen molar-refractivity contribution in [1.29, 1.82) is 0 Å². The third kappa shape index (κ3) is 2.60. The highest BCUT2D eigenvalue weighted by Gasteiger charge is 2.33. The first-order valence-electron chi connectivity index (χ1n) is 6.11. The van der Waals surface area contributed by atoms with E-state index in [0.717, 1.165) is 12.5 Å². The standard InChI is InChI=1S/C11H16N4O4S/c1-8-4-5-14(7-8)20(18,19)11-6-9(15(16)17)2-3-10(11)13-12/h2-3,6,8,13H,4-5,7,12H2,1H3. The molecule has 0 amide bonds. The lowest BCUT2D eigenvalue weighted by atomic mass is 10.2. The Balaban J connectivity index is 2.49. The lowest BCUT2D eigenvalue weighted by Crippen LogP contribution is -2.29. The molecule has 0 radical (unpaired) electrons. The first-order chi connectivity index (χ1) is 9.36. The number of benzene rings is 1. The Morgan fingerprint density at radius 1 is 1.50 bits per heavy atom. The molecule has 1 aromatic carbocycles. The lowest BCUT2D eigenvalue weighted by molar-refractivity contribution is -0.385. The summed E-state index contributed by atoms with van der Waals surface area (Å²) in [6.07, 6.45) is 0.777. The maximum atomic E-state index is 12.5. The predicted molar refractivity (Wildman–Crippen MR) is 73.4 cm³/mol. The number of anilines is 1. The molecule has 0 bridgehead atoms. The molecular formula is C11H16N4O4S. The van der Waals surface area contributed by atoms with Gasteiger partial charge in [-0.25, -0.2) is 8.42 Å². The highest BCUT2D eigenvalue weighted by molar-refractivity contribution is 7.89. The van der Waals surface area contributed by atoms with Crippen LogP contribution in [0.15, 0.2) is 23.1 Å². The zero-order valence-corrected chi connectivity index (χ0v) is 11.8. The van der Waals surface area contributed by atoms with Crippen LogP contribution in [0.4, 0.5) is 11.4 Å². The number of nitrogens with one attached hydrogen (secondary N) is 1. The van der Waals surface area contributed by atoms with E-state index < -0.39 is 14.9 Å². The quantitative estimate of drug-likeness (QED) is 0.484. The van der Waals surface area contributed by atoms with Crippen LogP contribution in [0.3, 0.4) is 0 Å². The van der Waals surface area contributed by atoms with Gasteiger partial charge in [0, 0.05) is 25.2 Å². The number of nitrogens with two attached hydrogens (primary N) is 1. The van der Waals surface area contributed by atoms with E-state index in [1.807, 2.05) is 6.92 Å². The van der Waals surface area contributed by atoms with Crippen molar-refractivity contribution in [3.8, 4) is 0 Å². The van der Waals surface area contributed by atoms with Crippen LogP contribution >= 0.6 is 0 Å². The first-order valence-corrected chi connectivity index (χ1v) is 7.55. The predicted octanol–water partition coefficient (Wildman–Crippen LogP) is 0.911. The molecule has 1 aliphatic rings. The van der Waals surface area contributed by atoms with Crippen LogP contribution in [0.2, 0.25) is 0 Å². The largest absolute Gasteiger partial charge is 0.323 e. The lowest BCUT2D eigenvalue weighted by Gasteiger charge is -2.18. The van der Waals surface area contributed by atoms with Gasteiger partial charge in [0.25, 0.3) is 5.69 Å². The molecule has 0 aliphatic carbocycles. The van der Waals surface area contributed by atoms with Crippen LogP contribution in [0.25, 0.3) is 0 Å². The summed E-state index contributed by atoms with van der Waals surface area (Å²) in [6.45, 7) is 2.79. The molecule has 110 valence electrons. The Bertz CT molecular complexity index is 631. The number of hydrogen-bond donors (Lipinski definition) is 2. The molecule has 1 aliphatic heterocycles. The maximum absolute atomic E-state index is 12.5. The molecule has 1 fully saturated rings. The fraction of sp³-hybridized carbons (Fsp3) is 0.455. The highest BCUT2D eigenvalue weighted by Crippen LogP contribution is 2.31. The number of rotatable bonds is 4. The second-order valence-electron chi connectivity index (χ2n) is 4.84. The molecule has 2 rings (SSSR count). The van der Waals surface area contributed by atoms with Gasteiger partial charge in [-0.3, -0.25) is 16.0 Å². The van der Waals surface area contributed by atoms with Gasteiger partial charge in [0.15, 0.2) is 0 Å². The summed E-state index contributed by atoms with van der Waals surface area (Å²) in [5.74, 6) is 5.57. The summed E-state index contributed by atoms with van der Waals surface area (Å²) in [5, 5.41) is 10.8. The molecular weight excluding hydrogens is 284 g/mol. The van der Waals surface area contributed by atoms with Crippen LogP contribution in [-0.4, -0.2) is 30.7 Å². The van der Waals surface area contributed by atoms with E-state index in [1.54, 1.807) is 0 Å². The normalized spacial score (nSPS) is 20.0. The van der Waals surface area contributed by atoms with Crippen molar-refractivity contribution in [2.24, 2.45) is 11.8 Å². The van der Waals surface area contributed by atoms with Crippen molar-refractivity contribution in [2.75, 3.05) is 18.5 Å². The third-order valence-electron chi connectivity index (χ3n) is 3.34. The zero-order chi connectivity index (χ0) is 14.9. The van der Waals surface area contributed by atoms with E-state index in [1.165, 1.54) is 16.4 Å². The van der Waals surface area contributed by atoms with Crippen LogP contribution in [0.1, 0.15) is 13.3 Å². The van der Waals surface area contributed by atoms with Gasteiger partial charge in [-0.15, -0.1) is 0 Å². The number of hydrogen-bond acceptors (Lipinski definition) is 6. The summed E-state index contributed by atoms with van der Waals surface area (Å²) >= 11 is 0. The van der Waals surface area contributed by atoms with Gasteiger partial charge in [-0.05, 0) is 18.4 Å². The van der Waals surface area contributed by atoms with Crippen molar-refractivity contribution in [2.45, 2.75) is 18.2 Å². The van der Waals surface area contributed by atoms with Gasteiger partial charge in [0.1, 0.15) is 4.90 Å². The fourth-order valence-corrected chi connectivity index (χ4v) is 3.96. The molecule has 1 atom stereocenters. The molecule has 1 aromatic rings. The number of sulfonamides is 1. The smallest absolute Gasteiger partial charge is 0.270 e. The van der Waals surface area contributed by atoms with E-state index in [4.69, 9.17) is 5.84 Å². The molecule has 1 saturated heterocycles. The van der Waals surface area contributed by atoms with Crippen molar-refractivity contribution in [3.63, 3.8) is 0 Å². The molecule has 0 spiro atoms. The molecule has 20 heavy (non-hydrogen) atoms. The van der Waals surface area contributed by atoms with Gasteiger partial charge in [-0.1, -0.05) is 6.92 Å². The van der Waals surface area contributed by atoms with Crippen molar-refractivity contribution in [1.82, 2.24) is 4.31 Å². The molecule has 8 nitrogen and oxygen atoms in total. The number of non-ortho nitro benzene ring substituents is 1. The van der Waals surface area contributed by atoms with E-state index in [0.29, 0.717) is 13.1 Å². The Labute approximate surface area is 116 Å². The first kappa shape index (κ1) is 14.7. The van der Waals surface area contributed by atoms with Gasteiger partial charge >= 0.3 is 0 Å². The molecule has 0 saturated carbocycles. The molecule has 1 heterocycles. The minimum Gasteiger partial charge on any atom is -0.323 e. The number of hydrazine groups is 1. The number of nitro groups is 1. The monoisotopic (exact) mass is 300 g/mol. The van der Waals surface area contributed by atoms with Crippen LogP contribution in [-0.2, 0) is 10.0 Å². The number of nitrogens with zero attached hydrogens (tertiary/aromatic N) is 2. The van der Waals surface area contributed by atoms with Crippen LogP contribution in [0.5, 0.6) is 0 Å². The summed E-state index contributed by atoms with van der Waals surface area (Å²) in [6, 6.07) is 3.54. The van der Waals surface area contributed by atoms with Gasteiger partial charge in [0.05, 0.1) is 10.6 Å². The Morgan fingerprint density at radius 3 is 2.70 bits per heavy atom. The fourth-order valence-electron chi connectivity index (χ4n) is 2.21. The van der Waals surface area contributed by atoms with E-state index in [-0.39, 0.29) is 22.2 Å². The summed E-state index contributed by atoms with van der Waals surface area (Å²) < 4.78 is 26.4. The SMILES string of the molecule is CC1CCN(S(=O)(=O)c2cc([N+](=O)[O-])ccc2NN)C1. The van der Waals surface area contributed by atoms with Crippen molar-refractivity contribution < 1.29 is 13.3 Å². The maximum Gasteiger partial charge on any atom is 0.270 e.